The SMILES string of the molecule is Cc1ccoc1CSCC(CS)C(C)C. The lowest BCUT2D eigenvalue weighted by Crippen LogP contribution is -2.13. The molecule has 0 fully saturated rings. The molecular formula is C12H20OS2. The van der Waals surface area contributed by atoms with Gasteiger partial charge in [-0.1, -0.05) is 13.8 Å². The van der Waals surface area contributed by atoms with Gasteiger partial charge < -0.3 is 4.42 Å². The van der Waals surface area contributed by atoms with Crippen molar-refractivity contribution in [1.29, 1.82) is 0 Å². The molecule has 0 N–H and O–H groups in total. The molecule has 0 aliphatic carbocycles. The number of furan rings is 1. The smallest absolute Gasteiger partial charge is 0.116 e. The van der Waals surface area contributed by atoms with Crippen LogP contribution in [0.1, 0.15) is 25.2 Å². The third-order valence-corrected chi connectivity index (χ3v) is 4.31. The molecule has 1 atom stereocenters. The second-order valence-electron chi connectivity index (χ2n) is 4.23. The van der Waals surface area contributed by atoms with Gasteiger partial charge in [-0.3, -0.25) is 0 Å². The fourth-order valence-corrected chi connectivity index (χ4v) is 3.44. The summed E-state index contributed by atoms with van der Waals surface area (Å²) in [7, 11) is 0. The topological polar surface area (TPSA) is 13.1 Å². The van der Waals surface area contributed by atoms with Crippen LogP contribution in [0.3, 0.4) is 0 Å². The van der Waals surface area contributed by atoms with Crippen molar-refractivity contribution in [2.24, 2.45) is 11.8 Å². The summed E-state index contributed by atoms with van der Waals surface area (Å²) >= 11 is 6.33. The minimum atomic E-state index is 0.702. The minimum absolute atomic E-state index is 0.702. The molecule has 0 saturated heterocycles. The Morgan fingerprint density at radius 1 is 1.47 bits per heavy atom. The first-order valence-electron chi connectivity index (χ1n) is 5.36. The molecule has 15 heavy (non-hydrogen) atoms. The number of thiol groups is 1. The maximum atomic E-state index is 5.40. The molecule has 1 heterocycles. The fraction of sp³-hybridized carbons (Fsp3) is 0.667. The van der Waals surface area contributed by atoms with Gasteiger partial charge in [-0.15, -0.1) is 0 Å². The van der Waals surface area contributed by atoms with Crippen LogP contribution >= 0.6 is 24.4 Å². The first kappa shape index (κ1) is 13.0. The number of hydrogen-bond acceptors (Lipinski definition) is 3. The molecule has 86 valence electrons. The molecule has 1 nitrogen and oxygen atoms in total. The predicted octanol–water partition coefficient (Wildman–Crippen LogP) is 4.02. The highest BCUT2D eigenvalue weighted by Crippen LogP contribution is 2.23. The summed E-state index contributed by atoms with van der Waals surface area (Å²) in [5, 5.41) is 0. The first-order chi connectivity index (χ1) is 7.15. The molecule has 0 saturated carbocycles. The summed E-state index contributed by atoms with van der Waals surface area (Å²) in [5.41, 5.74) is 1.26. The average Bonchev–Trinajstić information content (AvgIpc) is 2.58. The van der Waals surface area contributed by atoms with E-state index in [1.807, 2.05) is 17.8 Å². The Hall–Kier alpha value is -0.0200. The van der Waals surface area contributed by atoms with Gasteiger partial charge in [0, 0.05) is 0 Å². The number of rotatable bonds is 6. The van der Waals surface area contributed by atoms with Crippen molar-refractivity contribution in [2.75, 3.05) is 11.5 Å². The van der Waals surface area contributed by atoms with Crippen molar-refractivity contribution in [3.63, 3.8) is 0 Å². The van der Waals surface area contributed by atoms with Crippen LogP contribution in [0.5, 0.6) is 0 Å². The first-order valence-corrected chi connectivity index (χ1v) is 7.15. The van der Waals surface area contributed by atoms with Crippen molar-refractivity contribution < 1.29 is 4.42 Å². The fourth-order valence-electron chi connectivity index (χ4n) is 1.31. The lowest BCUT2D eigenvalue weighted by atomic mass is 10.0. The average molecular weight is 244 g/mol. The molecule has 0 aromatic carbocycles. The van der Waals surface area contributed by atoms with E-state index >= 15 is 0 Å². The van der Waals surface area contributed by atoms with Gasteiger partial charge in [0.1, 0.15) is 5.76 Å². The van der Waals surface area contributed by atoms with Gasteiger partial charge >= 0.3 is 0 Å². The van der Waals surface area contributed by atoms with Gasteiger partial charge in [0.25, 0.3) is 0 Å². The number of aryl methyl sites for hydroxylation is 1. The Balaban J connectivity index is 2.29. The third kappa shape index (κ3) is 4.15. The molecule has 3 heteroatoms. The van der Waals surface area contributed by atoms with Crippen LogP contribution in [-0.2, 0) is 5.75 Å². The minimum Gasteiger partial charge on any atom is -0.468 e. The van der Waals surface area contributed by atoms with E-state index in [0.29, 0.717) is 11.8 Å². The Bertz CT molecular complexity index is 281. The quantitative estimate of drug-likeness (QED) is 0.759. The molecule has 1 unspecified atom stereocenters. The predicted molar refractivity (Wildman–Crippen MR) is 71.8 cm³/mol. The van der Waals surface area contributed by atoms with Crippen LogP contribution in [0.25, 0.3) is 0 Å². The van der Waals surface area contributed by atoms with Gasteiger partial charge in [-0.2, -0.15) is 24.4 Å². The van der Waals surface area contributed by atoms with E-state index in [0.717, 1.165) is 17.3 Å². The zero-order valence-electron chi connectivity index (χ0n) is 9.69. The summed E-state index contributed by atoms with van der Waals surface area (Å²) < 4.78 is 5.40. The van der Waals surface area contributed by atoms with Crippen LogP contribution in [0.4, 0.5) is 0 Å². The van der Waals surface area contributed by atoms with Crippen molar-refractivity contribution in [1.82, 2.24) is 0 Å². The molecule has 0 radical (unpaired) electrons. The molecule has 0 amide bonds. The molecule has 1 rings (SSSR count). The van der Waals surface area contributed by atoms with E-state index in [1.165, 1.54) is 11.3 Å². The summed E-state index contributed by atoms with van der Waals surface area (Å²) in [6.45, 7) is 6.62. The summed E-state index contributed by atoms with van der Waals surface area (Å²) in [6.07, 6.45) is 1.77. The Morgan fingerprint density at radius 3 is 2.67 bits per heavy atom. The van der Waals surface area contributed by atoms with Gasteiger partial charge in [-0.05, 0) is 41.9 Å². The van der Waals surface area contributed by atoms with E-state index in [-0.39, 0.29) is 0 Å². The van der Waals surface area contributed by atoms with Gasteiger partial charge in [0.2, 0.25) is 0 Å². The standard InChI is InChI=1S/C12H20OS2/c1-9(2)11(6-14)7-15-8-12-10(3)4-5-13-12/h4-5,9,11,14H,6-8H2,1-3H3. The number of hydrogen-bond donors (Lipinski definition) is 1. The van der Waals surface area contributed by atoms with Crippen molar-refractivity contribution in [2.45, 2.75) is 26.5 Å². The van der Waals surface area contributed by atoms with E-state index in [1.54, 1.807) is 6.26 Å². The Morgan fingerprint density at radius 2 is 2.20 bits per heavy atom. The molecule has 0 aliphatic heterocycles. The van der Waals surface area contributed by atoms with Crippen LogP contribution in [0.15, 0.2) is 16.7 Å². The molecule has 0 bridgehead atoms. The zero-order valence-corrected chi connectivity index (χ0v) is 11.4. The van der Waals surface area contributed by atoms with Crippen molar-refractivity contribution in [3.05, 3.63) is 23.7 Å². The van der Waals surface area contributed by atoms with E-state index in [9.17, 15) is 0 Å². The van der Waals surface area contributed by atoms with Gasteiger partial charge in [-0.25, -0.2) is 0 Å². The Kier molecular flexibility index (Phi) is 5.69. The van der Waals surface area contributed by atoms with Crippen LogP contribution < -0.4 is 0 Å². The lowest BCUT2D eigenvalue weighted by molar-refractivity contribution is 0.472. The number of thioether (sulfide) groups is 1. The van der Waals surface area contributed by atoms with Gasteiger partial charge in [0.05, 0.1) is 12.0 Å². The molecule has 1 aromatic rings. The normalized spacial score (nSPS) is 13.4. The maximum Gasteiger partial charge on any atom is 0.116 e. The van der Waals surface area contributed by atoms with E-state index in [2.05, 4.69) is 33.4 Å². The second-order valence-corrected chi connectivity index (χ2v) is 5.62. The van der Waals surface area contributed by atoms with Crippen LogP contribution in [0, 0.1) is 18.8 Å². The largest absolute Gasteiger partial charge is 0.468 e. The summed E-state index contributed by atoms with van der Waals surface area (Å²) in [6, 6.07) is 2.02. The maximum absolute atomic E-state index is 5.40. The lowest BCUT2D eigenvalue weighted by Gasteiger charge is -2.17. The molecule has 0 aliphatic rings. The monoisotopic (exact) mass is 244 g/mol. The van der Waals surface area contributed by atoms with Crippen LogP contribution in [-0.4, -0.2) is 11.5 Å². The van der Waals surface area contributed by atoms with E-state index in [4.69, 9.17) is 4.42 Å². The molecule has 0 spiro atoms. The summed E-state index contributed by atoms with van der Waals surface area (Å²) in [4.78, 5) is 0. The van der Waals surface area contributed by atoms with Crippen molar-refractivity contribution in [3.8, 4) is 0 Å². The molecule has 1 aromatic heterocycles. The molecular weight excluding hydrogens is 224 g/mol. The van der Waals surface area contributed by atoms with Crippen molar-refractivity contribution >= 4 is 24.4 Å². The van der Waals surface area contributed by atoms with Gasteiger partial charge in [0.15, 0.2) is 0 Å². The highest BCUT2D eigenvalue weighted by molar-refractivity contribution is 7.98. The van der Waals surface area contributed by atoms with E-state index < -0.39 is 0 Å². The highest BCUT2D eigenvalue weighted by Gasteiger charge is 2.12. The third-order valence-electron chi connectivity index (χ3n) is 2.71. The summed E-state index contributed by atoms with van der Waals surface area (Å²) in [5.74, 6) is 5.65. The Labute approximate surface area is 102 Å². The zero-order chi connectivity index (χ0) is 11.3. The highest BCUT2D eigenvalue weighted by atomic mass is 32.2. The second kappa shape index (κ2) is 6.54. The van der Waals surface area contributed by atoms with Crippen LogP contribution in [0.2, 0.25) is 0 Å².